The van der Waals surface area contributed by atoms with Crippen LogP contribution in [0.1, 0.15) is 5.56 Å². The number of nitriles is 1. The Morgan fingerprint density at radius 1 is 1.33 bits per heavy atom. The summed E-state index contributed by atoms with van der Waals surface area (Å²) in [5, 5.41) is 19.9. The van der Waals surface area contributed by atoms with Gasteiger partial charge in [-0.2, -0.15) is 10.2 Å². The van der Waals surface area contributed by atoms with Crippen LogP contribution in [0.3, 0.4) is 0 Å². The van der Waals surface area contributed by atoms with Crippen LogP contribution in [0.4, 0.5) is 10.1 Å². The molecule has 2 aromatic heterocycles. The standard InChI is InChI=1S/C15H7FN4O4/c16-10-7-9(8-17)4-5-11(10)24-14-13(20(22)23)15(21)19-6-2-1-3-12(19)18-14/h1-7H. The molecule has 8 nitrogen and oxygen atoms in total. The predicted octanol–water partition coefficient (Wildman–Crippen LogP) is 2.41. The van der Waals surface area contributed by atoms with Crippen LogP contribution in [0, 0.1) is 27.3 Å². The van der Waals surface area contributed by atoms with E-state index in [0.29, 0.717) is 0 Å². The van der Waals surface area contributed by atoms with Crippen molar-refractivity contribution in [1.29, 1.82) is 5.26 Å². The lowest BCUT2D eigenvalue weighted by atomic mass is 10.2. The van der Waals surface area contributed by atoms with Crippen molar-refractivity contribution in [3.8, 4) is 17.7 Å². The van der Waals surface area contributed by atoms with Crippen molar-refractivity contribution < 1.29 is 14.1 Å². The van der Waals surface area contributed by atoms with Gasteiger partial charge in [0, 0.05) is 6.20 Å². The largest absolute Gasteiger partial charge is 0.430 e. The number of aromatic nitrogens is 2. The Morgan fingerprint density at radius 2 is 2.12 bits per heavy atom. The van der Waals surface area contributed by atoms with Crippen molar-refractivity contribution in [3.63, 3.8) is 0 Å². The topological polar surface area (TPSA) is 111 Å². The highest BCUT2D eigenvalue weighted by atomic mass is 19.1. The summed E-state index contributed by atoms with van der Waals surface area (Å²) < 4.78 is 20.0. The summed E-state index contributed by atoms with van der Waals surface area (Å²) in [6, 6.07) is 9.62. The number of hydrogen-bond donors (Lipinski definition) is 0. The number of nitro groups is 1. The van der Waals surface area contributed by atoms with Crippen LogP contribution in [-0.4, -0.2) is 14.3 Å². The molecule has 0 saturated heterocycles. The van der Waals surface area contributed by atoms with Gasteiger partial charge in [-0.05, 0) is 30.3 Å². The molecule has 0 aliphatic heterocycles. The maximum atomic E-state index is 13.9. The maximum absolute atomic E-state index is 13.9. The number of pyridine rings is 1. The lowest BCUT2D eigenvalue weighted by Crippen LogP contribution is -2.19. The first-order valence-electron chi connectivity index (χ1n) is 6.54. The van der Waals surface area contributed by atoms with Crippen LogP contribution in [0.15, 0.2) is 47.4 Å². The number of rotatable bonds is 3. The molecule has 0 aliphatic rings. The van der Waals surface area contributed by atoms with E-state index in [9.17, 15) is 19.3 Å². The molecule has 2 heterocycles. The van der Waals surface area contributed by atoms with Crippen LogP contribution in [-0.2, 0) is 0 Å². The molecule has 0 amide bonds. The Hall–Kier alpha value is -3.80. The lowest BCUT2D eigenvalue weighted by molar-refractivity contribution is -0.387. The van der Waals surface area contributed by atoms with Gasteiger partial charge in [0.05, 0.1) is 16.6 Å². The molecule has 0 N–H and O–H groups in total. The molecule has 118 valence electrons. The number of ether oxygens (including phenoxy) is 1. The van der Waals surface area contributed by atoms with Crippen LogP contribution in [0.2, 0.25) is 0 Å². The molecular formula is C15H7FN4O4. The summed E-state index contributed by atoms with van der Waals surface area (Å²) in [5.74, 6) is -1.91. The Bertz CT molecular complexity index is 1070. The molecule has 3 aromatic rings. The maximum Gasteiger partial charge on any atom is 0.396 e. The Labute approximate surface area is 133 Å². The average molecular weight is 326 g/mol. The van der Waals surface area contributed by atoms with Gasteiger partial charge in [0.2, 0.25) is 0 Å². The fraction of sp³-hybridized carbons (Fsp3) is 0. The summed E-state index contributed by atoms with van der Waals surface area (Å²) in [7, 11) is 0. The van der Waals surface area contributed by atoms with Crippen LogP contribution >= 0.6 is 0 Å². The third-order valence-corrected chi connectivity index (χ3v) is 3.13. The second-order valence-corrected chi connectivity index (χ2v) is 4.62. The normalized spacial score (nSPS) is 10.3. The third-order valence-electron chi connectivity index (χ3n) is 3.13. The van der Waals surface area contributed by atoms with E-state index in [1.807, 2.05) is 0 Å². The van der Waals surface area contributed by atoms with Gasteiger partial charge in [0.15, 0.2) is 11.6 Å². The quantitative estimate of drug-likeness (QED) is 0.540. The van der Waals surface area contributed by atoms with Crippen LogP contribution in [0.5, 0.6) is 11.6 Å². The van der Waals surface area contributed by atoms with E-state index < -0.39 is 27.9 Å². The molecule has 0 atom stereocenters. The summed E-state index contributed by atoms with van der Waals surface area (Å²) in [4.78, 5) is 26.4. The molecular weight excluding hydrogens is 319 g/mol. The first-order chi connectivity index (χ1) is 11.5. The molecule has 0 aliphatic carbocycles. The van der Waals surface area contributed by atoms with E-state index in [0.717, 1.165) is 16.5 Å². The van der Waals surface area contributed by atoms with Crippen molar-refractivity contribution in [2.24, 2.45) is 0 Å². The molecule has 1 aromatic carbocycles. The minimum Gasteiger partial charge on any atom is -0.430 e. The number of halogens is 1. The van der Waals surface area contributed by atoms with E-state index in [2.05, 4.69) is 4.98 Å². The first kappa shape index (κ1) is 15.1. The van der Waals surface area contributed by atoms with E-state index in [1.54, 1.807) is 12.1 Å². The highest BCUT2D eigenvalue weighted by Crippen LogP contribution is 2.29. The average Bonchev–Trinajstić information content (AvgIpc) is 2.56. The fourth-order valence-electron chi connectivity index (χ4n) is 2.04. The minimum atomic E-state index is -0.949. The van der Waals surface area contributed by atoms with E-state index in [4.69, 9.17) is 10.00 Å². The van der Waals surface area contributed by atoms with Crippen molar-refractivity contribution in [2.45, 2.75) is 0 Å². The molecule has 3 rings (SSSR count). The van der Waals surface area contributed by atoms with E-state index in [-0.39, 0.29) is 17.0 Å². The monoisotopic (exact) mass is 326 g/mol. The fourth-order valence-corrected chi connectivity index (χ4v) is 2.04. The van der Waals surface area contributed by atoms with Gasteiger partial charge in [-0.25, -0.2) is 4.39 Å². The Morgan fingerprint density at radius 3 is 2.79 bits per heavy atom. The zero-order chi connectivity index (χ0) is 17.3. The molecule has 9 heteroatoms. The number of benzene rings is 1. The lowest BCUT2D eigenvalue weighted by Gasteiger charge is -2.07. The van der Waals surface area contributed by atoms with Crippen molar-refractivity contribution in [3.05, 3.63) is 74.4 Å². The zero-order valence-corrected chi connectivity index (χ0v) is 11.8. The second kappa shape index (κ2) is 5.77. The molecule has 0 saturated carbocycles. The second-order valence-electron chi connectivity index (χ2n) is 4.62. The van der Waals surface area contributed by atoms with Gasteiger partial charge >= 0.3 is 17.1 Å². The summed E-state index contributed by atoms with van der Waals surface area (Å²) in [6.45, 7) is 0. The van der Waals surface area contributed by atoms with Gasteiger partial charge in [-0.3, -0.25) is 19.3 Å². The van der Waals surface area contributed by atoms with Crippen LogP contribution in [0.25, 0.3) is 5.65 Å². The highest BCUT2D eigenvalue weighted by Gasteiger charge is 2.26. The molecule has 0 fully saturated rings. The Kier molecular flexibility index (Phi) is 3.63. The van der Waals surface area contributed by atoms with Gasteiger partial charge < -0.3 is 4.74 Å². The summed E-state index contributed by atoms with van der Waals surface area (Å²) >= 11 is 0. The number of hydrogen-bond acceptors (Lipinski definition) is 6. The van der Waals surface area contributed by atoms with Crippen LogP contribution < -0.4 is 10.3 Å². The first-order valence-corrected chi connectivity index (χ1v) is 6.54. The summed E-state index contributed by atoms with van der Waals surface area (Å²) in [5.41, 5.74) is -1.70. The highest BCUT2D eigenvalue weighted by molar-refractivity contribution is 5.50. The number of fused-ring (bicyclic) bond motifs is 1. The SMILES string of the molecule is N#Cc1ccc(Oc2nc3ccccn3c(=O)c2[N+](=O)[O-])c(F)c1. The van der Waals surface area contributed by atoms with Crippen molar-refractivity contribution >= 4 is 11.3 Å². The van der Waals surface area contributed by atoms with Gasteiger partial charge in [0.25, 0.3) is 0 Å². The van der Waals surface area contributed by atoms with E-state index in [1.165, 1.54) is 24.4 Å². The molecule has 0 bridgehead atoms. The third kappa shape index (κ3) is 2.52. The minimum absolute atomic E-state index is 0.0564. The van der Waals surface area contributed by atoms with Gasteiger partial charge in [0.1, 0.15) is 5.65 Å². The molecule has 0 radical (unpaired) electrons. The van der Waals surface area contributed by atoms with E-state index >= 15 is 0 Å². The Balaban J connectivity index is 2.19. The van der Waals surface area contributed by atoms with Crippen molar-refractivity contribution in [2.75, 3.05) is 0 Å². The molecule has 24 heavy (non-hydrogen) atoms. The predicted molar refractivity (Wildman–Crippen MR) is 79.3 cm³/mol. The number of nitrogens with zero attached hydrogens (tertiary/aromatic N) is 4. The molecule has 0 unspecified atom stereocenters. The summed E-state index contributed by atoms with van der Waals surface area (Å²) in [6.07, 6.45) is 1.32. The van der Waals surface area contributed by atoms with Gasteiger partial charge in [-0.15, -0.1) is 0 Å². The molecule has 0 spiro atoms. The van der Waals surface area contributed by atoms with Crippen molar-refractivity contribution in [1.82, 2.24) is 9.38 Å². The smallest absolute Gasteiger partial charge is 0.396 e. The zero-order valence-electron chi connectivity index (χ0n) is 11.8. The van der Waals surface area contributed by atoms with Gasteiger partial charge in [-0.1, -0.05) is 6.07 Å².